The number of benzene rings is 1. The molecule has 3 nitrogen and oxygen atoms in total. The van der Waals surface area contributed by atoms with Gasteiger partial charge >= 0.3 is 0 Å². The predicted molar refractivity (Wildman–Crippen MR) is 87.3 cm³/mol. The van der Waals surface area contributed by atoms with Gasteiger partial charge in [-0.05, 0) is 42.1 Å². The molecular formula is C18H21N3. The molecule has 3 heteroatoms. The second-order valence-electron chi connectivity index (χ2n) is 5.30. The van der Waals surface area contributed by atoms with Gasteiger partial charge in [-0.1, -0.05) is 31.2 Å². The highest BCUT2D eigenvalue weighted by molar-refractivity contribution is 5.86. The average Bonchev–Trinajstić information content (AvgIpc) is 2.96. The van der Waals surface area contributed by atoms with Gasteiger partial charge in [-0.3, -0.25) is 4.98 Å². The van der Waals surface area contributed by atoms with Crippen LogP contribution >= 0.6 is 0 Å². The number of aromatic amines is 1. The van der Waals surface area contributed by atoms with Gasteiger partial charge in [0.25, 0.3) is 0 Å². The Morgan fingerprint density at radius 2 is 2.10 bits per heavy atom. The van der Waals surface area contributed by atoms with E-state index in [1.54, 1.807) is 6.20 Å². The Labute approximate surface area is 125 Å². The summed E-state index contributed by atoms with van der Waals surface area (Å²) in [5, 5.41) is 4.84. The number of aryl methyl sites for hydroxylation is 1. The first kappa shape index (κ1) is 13.8. The molecule has 2 N–H and O–H groups in total. The molecule has 3 aromatic rings. The average molecular weight is 279 g/mol. The lowest BCUT2D eigenvalue weighted by Crippen LogP contribution is -2.16. The maximum Gasteiger partial charge on any atom is 0.0489 e. The molecular weight excluding hydrogens is 258 g/mol. The summed E-state index contributed by atoms with van der Waals surface area (Å²) >= 11 is 0. The molecule has 0 radical (unpaired) electrons. The lowest BCUT2D eigenvalue weighted by atomic mass is 10.1. The molecule has 21 heavy (non-hydrogen) atoms. The normalized spacial score (nSPS) is 11.1. The first-order valence-electron chi connectivity index (χ1n) is 7.56. The third kappa shape index (κ3) is 3.14. The summed E-state index contributed by atoms with van der Waals surface area (Å²) in [6.07, 6.45) is 7.96. The van der Waals surface area contributed by atoms with Crippen LogP contribution in [0.5, 0.6) is 0 Å². The summed E-state index contributed by atoms with van der Waals surface area (Å²) in [5.41, 5.74) is 5.30. The summed E-state index contributed by atoms with van der Waals surface area (Å²) in [6.45, 7) is 4.04. The largest absolute Gasteiger partial charge is 0.361 e. The Bertz CT molecular complexity index is 701. The van der Waals surface area contributed by atoms with E-state index in [9.17, 15) is 0 Å². The fraction of sp³-hybridized carbons (Fsp3) is 0.278. The second kappa shape index (κ2) is 6.55. The number of nitrogens with one attached hydrogen (secondary N) is 2. The van der Waals surface area contributed by atoms with Crippen molar-refractivity contribution in [3.05, 3.63) is 65.6 Å². The van der Waals surface area contributed by atoms with Crippen molar-refractivity contribution in [2.75, 3.05) is 6.54 Å². The Balaban J connectivity index is 1.61. The SMILES string of the molecule is CCc1cccc2c(CCNCc3cccnc3)c[nH]c12. The minimum atomic E-state index is 0.871. The third-order valence-corrected chi connectivity index (χ3v) is 3.89. The van der Waals surface area contributed by atoms with Crippen LogP contribution in [0.1, 0.15) is 23.6 Å². The molecule has 0 bridgehead atoms. The number of H-pyrrole nitrogens is 1. The molecule has 0 aliphatic carbocycles. The number of rotatable bonds is 6. The van der Waals surface area contributed by atoms with Crippen molar-refractivity contribution in [3.63, 3.8) is 0 Å². The highest BCUT2D eigenvalue weighted by atomic mass is 14.8. The van der Waals surface area contributed by atoms with E-state index in [1.165, 1.54) is 27.6 Å². The van der Waals surface area contributed by atoms with E-state index in [0.717, 1.165) is 25.9 Å². The fourth-order valence-corrected chi connectivity index (χ4v) is 2.74. The van der Waals surface area contributed by atoms with E-state index in [1.807, 2.05) is 12.3 Å². The second-order valence-corrected chi connectivity index (χ2v) is 5.30. The van der Waals surface area contributed by atoms with Gasteiger partial charge in [0, 0.05) is 36.0 Å². The molecule has 1 aromatic carbocycles. The van der Waals surface area contributed by atoms with Crippen LogP contribution in [-0.4, -0.2) is 16.5 Å². The summed E-state index contributed by atoms with van der Waals surface area (Å²) in [6, 6.07) is 10.6. The number of para-hydroxylation sites is 1. The number of hydrogen-bond acceptors (Lipinski definition) is 2. The van der Waals surface area contributed by atoms with E-state index >= 15 is 0 Å². The molecule has 0 unspecified atom stereocenters. The minimum Gasteiger partial charge on any atom is -0.361 e. The first-order valence-corrected chi connectivity index (χ1v) is 7.56. The topological polar surface area (TPSA) is 40.7 Å². The third-order valence-electron chi connectivity index (χ3n) is 3.89. The highest BCUT2D eigenvalue weighted by Gasteiger charge is 2.06. The first-order chi connectivity index (χ1) is 10.4. The number of nitrogens with zero attached hydrogens (tertiary/aromatic N) is 1. The molecule has 0 atom stereocenters. The molecule has 108 valence electrons. The van der Waals surface area contributed by atoms with Crippen molar-refractivity contribution >= 4 is 10.9 Å². The van der Waals surface area contributed by atoms with E-state index in [-0.39, 0.29) is 0 Å². The Hall–Kier alpha value is -2.13. The summed E-state index contributed by atoms with van der Waals surface area (Å²) in [7, 11) is 0. The minimum absolute atomic E-state index is 0.871. The van der Waals surface area contributed by atoms with Gasteiger partial charge in [0.1, 0.15) is 0 Å². The summed E-state index contributed by atoms with van der Waals surface area (Å²) in [5.74, 6) is 0. The van der Waals surface area contributed by atoms with Crippen molar-refractivity contribution in [3.8, 4) is 0 Å². The molecule has 3 rings (SSSR count). The van der Waals surface area contributed by atoms with Crippen LogP contribution < -0.4 is 5.32 Å². The quantitative estimate of drug-likeness (QED) is 0.678. The van der Waals surface area contributed by atoms with Gasteiger partial charge in [-0.15, -0.1) is 0 Å². The molecule has 0 fully saturated rings. The van der Waals surface area contributed by atoms with Gasteiger partial charge in [-0.2, -0.15) is 0 Å². The highest BCUT2D eigenvalue weighted by Crippen LogP contribution is 2.22. The van der Waals surface area contributed by atoms with Gasteiger partial charge in [0.2, 0.25) is 0 Å². The van der Waals surface area contributed by atoms with Crippen molar-refractivity contribution in [2.24, 2.45) is 0 Å². The monoisotopic (exact) mass is 279 g/mol. The van der Waals surface area contributed by atoms with Crippen molar-refractivity contribution < 1.29 is 0 Å². The fourth-order valence-electron chi connectivity index (χ4n) is 2.74. The molecule has 0 saturated carbocycles. The maximum atomic E-state index is 4.13. The zero-order chi connectivity index (χ0) is 14.5. The van der Waals surface area contributed by atoms with Gasteiger partial charge in [0.15, 0.2) is 0 Å². The molecule has 0 spiro atoms. The number of hydrogen-bond donors (Lipinski definition) is 2. The summed E-state index contributed by atoms with van der Waals surface area (Å²) in [4.78, 5) is 7.56. The van der Waals surface area contributed by atoms with E-state index in [2.05, 4.69) is 52.7 Å². The molecule has 2 heterocycles. The Kier molecular flexibility index (Phi) is 4.31. The lowest BCUT2D eigenvalue weighted by Gasteiger charge is -2.04. The number of fused-ring (bicyclic) bond motifs is 1. The number of pyridine rings is 1. The maximum absolute atomic E-state index is 4.13. The summed E-state index contributed by atoms with van der Waals surface area (Å²) < 4.78 is 0. The van der Waals surface area contributed by atoms with Crippen molar-refractivity contribution in [1.29, 1.82) is 0 Å². The van der Waals surface area contributed by atoms with Gasteiger partial charge in [-0.25, -0.2) is 0 Å². The van der Waals surface area contributed by atoms with Crippen molar-refractivity contribution in [2.45, 2.75) is 26.3 Å². The van der Waals surface area contributed by atoms with Crippen LogP contribution in [0.2, 0.25) is 0 Å². The smallest absolute Gasteiger partial charge is 0.0489 e. The molecule has 0 saturated heterocycles. The van der Waals surface area contributed by atoms with E-state index < -0.39 is 0 Å². The Morgan fingerprint density at radius 3 is 2.90 bits per heavy atom. The van der Waals surface area contributed by atoms with Crippen LogP contribution in [-0.2, 0) is 19.4 Å². The van der Waals surface area contributed by atoms with Crippen LogP contribution in [0.3, 0.4) is 0 Å². The molecule has 0 aliphatic heterocycles. The van der Waals surface area contributed by atoms with Crippen molar-refractivity contribution in [1.82, 2.24) is 15.3 Å². The zero-order valence-corrected chi connectivity index (χ0v) is 12.4. The van der Waals surface area contributed by atoms with Crippen LogP contribution in [0.25, 0.3) is 10.9 Å². The van der Waals surface area contributed by atoms with E-state index in [4.69, 9.17) is 0 Å². The van der Waals surface area contributed by atoms with Crippen LogP contribution in [0.15, 0.2) is 48.9 Å². The Morgan fingerprint density at radius 1 is 1.14 bits per heavy atom. The predicted octanol–water partition coefficient (Wildman–Crippen LogP) is 3.46. The molecule has 0 amide bonds. The van der Waals surface area contributed by atoms with Crippen LogP contribution in [0, 0.1) is 0 Å². The zero-order valence-electron chi connectivity index (χ0n) is 12.4. The standard InChI is InChI=1S/C18H21N3/c1-2-15-6-3-7-17-16(13-21-18(15)17)8-10-20-12-14-5-4-9-19-11-14/h3-7,9,11,13,20-21H,2,8,10,12H2,1H3. The molecule has 0 aliphatic rings. The van der Waals surface area contributed by atoms with E-state index in [0.29, 0.717) is 0 Å². The van der Waals surface area contributed by atoms with Gasteiger partial charge < -0.3 is 10.3 Å². The van der Waals surface area contributed by atoms with Gasteiger partial charge in [0.05, 0.1) is 0 Å². The lowest BCUT2D eigenvalue weighted by molar-refractivity contribution is 0.687. The number of aromatic nitrogens is 2. The molecule has 2 aromatic heterocycles. The van der Waals surface area contributed by atoms with Crippen LogP contribution in [0.4, 0.5) is 0 Å².